The zero-order valence-corrected chi connectivity index (χ0v) is 15.8. The maximum Gasteiger partial charge on any atom is 0.325 e. The van der Waals surface area contributed by atoms with Crippen molar-refractivity contribution in [3.05, 3.63) is 57.8 Å². The number of benzene rings is 1. The van der Waals surface area contributed by atoms with Gasteiger partial charge < -0.3 is 10.6 Å². The Bertz CT molecular complexity index is 909. The van der Waals surface area contributed by atoms with Gasteiger partial charge >= 0.3 is 6.03 Å². The molecule has 1 aromatic carbocycles. The number of imide groups is 1. The lowest BCUT2D eigenvalue weighted by molar-refractivity contribution is -0.130. The van der Waals surface area contributed by atoms with Crippen molar-refractivity contribution in [2.75, 3.05) is 6.54 Å². The van der Waals surface area contributed by atoms with Gasteiger partial charge in [0.2, 0.25) is 5.91 Å². The molecule has 27 heavy (non-hydrogen) atoms. The minimum atomic E-state index is -1.19. The number of nitrogens with one attached hydrogen (secondary N) is 2. The SMILES string of the molecule is CC(=O)NCc1ccc(C(=O)CN2C(=O)N[C@](C)(c3ccccc3)C2=O)s1. The third-order valence-electron chi connectivity index (χ3n) is 4.38. The monoisotopic (exact) mass is 385 g/mol. The molecule has 2 aromatic rings. The van der Waals surface area contributed by atoms with Gasteiger partial charge in [-0.2, -0.15) is 0 Å². The number of rotatable bonds is 6. The van der Waals surface area contributed by atoms with Gasteiger partial charge in [0, 0.05) is 11.8 Å². The number of hydrogen-bond donors (Lipinski definition) is 2. The summed E-state index contributed by atoms with van der Waals surface area (Å²) in [5.41, 5.74) is -0.531. The zero-order valence-electron chi connectivity index (χ0n) is 14.9. The number of hydrogen-bond acceptors (Lipinski definition) is 5. The van der Waals surface area contributed by atoms with E-state index in [1.54, 1.807) is 43.3 Å². The molecular formula is C19H19N3O4S. The van der Waals surface area contributed by atoms with Crippen molar-refractivity contribution in [3.63, 3.8) is 0 Å². The Hall–Kier alpha value is -3.00. The molecule has 0 unspecified atom stereocenters. The molecule has 0 bridgehead atoms. The largest absolute Gasteiger partial charge is 0.351 e. The van der Waals surface area contributed by atoms with Crippen LogP contribution >= 0.6 is 11.3 Å². The number of nitrogens with zero attached hydrogens (tertiary/aromatic N) is 1. The van der Waals surface area contributed by atoms with Crippen LogP contribution in [0.1, 0.15) is 34.0 Å². The lowest BCUT2D eigenvalue weighted by Crippen LogP contribution is -2.41. The number of ketones is 1. The van der Waals surface area contributed by atoms with Crippen LogP contribution in [0.2, 0.25) is 0 Å². The maximum absolute atomic E-state index is 12.8. The average Bonchev–Trinajstić information content (AvgIpc) is 3.20. The summed E-state index contributed by atoms with van der Waals surface area (Å²) < 4.78 is 0. The molecule has 0 aliphatic carbocycles. The van der Waals surface area contributed by atoms with Crippen LogP contribution in [0.4, 0.5) is 4.79 Å². The maximum atomic E-state index is 12.8. The number of carbonyl (C=O) groups is 4. The summed E-state index contributed by atoms with van der Waals surface area (Å²) in [5.74, 6) is -0.937. The third-order valence-corrected chi connectivity index (χ3v) is 5.50. The molecule has 1 saturated heterocycles. The second-order valence-electron chi connectivity index (χ2n) is 6.41. The molecule has 7 nitrogen and oxygen atoms in total. The van der Waals surface area contributed by atoms with Crippen LogP contribution in [0.15, 0.2) is 42.5 Å². The summed E-state index contributed by atoms with van der Waals surface area (Å²) in [6.45, 7) is 3.06. The molecule has 2 heterocycles. The fourth-order valence-electron chi connectivity index (χ4n) is 2.86. The van der Waals surface area contributed by atoms with Crippen LogP contribution < -0.4 is 10.6 Å². The van der Waals surface area contributed by atoms with E-state index in [-0.39, 0.29) is 18.2 Å². The molecule has 0 radical (unpaired) electrons. The summed E-state index contributed by atoms with van der Waals surface area (Å²) in [6, 6.07) is 11.7. The van der Waals surface area contributed by atoms with Crippen LogP contribution in [-0.2, 0) is 21.7 Å². The van der Waals surface area contributed by atoms with Crippen LogP contribution in [0, 0.1) is 0 Å². The number of carbonyl (C=O) groups excluding carboxylic acids is 4. The first-order valence-electron chi connectivity index (χ1n) is 8.37. The van der Waals surface area contributed by atoms with Crippen molar-refractivity contribution < 1.29 is 19.2 Å². The Balaban J connectivity index is 1.72. The molecule has 140 valence electrons. The van der Waals surface area contributed by atoms with Crippen molar-refractivity contribution in [1.29, 1.82) is 0 Å². The Morgan fingerprint density at radius 3 is 2.52 bits per heavy atom. The Labute approximate surface area is 160 Å². The van der Waals surface area contributed by atoms with Crippen LogP contribution in [-0.4, -0.2) is 35.1 Å². The minimum absolute atomic E-state index is 0.157. The zero-order chi connectivity index (χ0) is 19.6. The topological polar surface area (TPSA) is 95.6 Å². The van der Waals surface area contributed by atoms with Crippen molar-refractivity contribution in [2.45, 2.75) is 25.9 Å². The second-order valence-corrected chi connectivity index (χ2v) is 7.58. The number of Topliss-reactive ketones (excluding diaryl/α,β-unsaturated/α-hetero) is 1. The summed E-state index contributed by atoms with van der Waals surface area (Å²) in [7, 11) is 0. The number of urea groups is 1. The summed E-state index contributed by atoms with van der Waals surface area (Å²) >= 11 is 1.23. The molecule has 4 amide bonds. The van der Waals surface area contributed by atoms with Crippen LogP contribution in [0.25, 0.3) is 0 Å². The Kier molecular flexibility index (Phi) is 5.09. The lowest BCUT2D eigenvalue weighted by atomic mass is 9.92. The van der Waals surface area contributed by atoms with Crippen LogP contribution in [0.5, 0.6) is 0 Å². The molecule has 1 aliphatic rings. The highest BCUT2D eigenvalue weighted by Crippen LogP contribution is 2.29. The van der Waals surface area contributed by atoms with E-state index in [0.29, 0.717) is 17.0 Å². The molecular weight excluding hydrogens is 366 g/mol. The summed E-state index contributed by atoms with van der Waals surface area (Å²) in [6.07, 6.45) is 0. The van der Waals surface area contributed by atoms with E-state index >= 15 is 0 Å². The van der Waals surface area contributed by atoms with Gasteiger partial charge in [0.25, 0.3) is 5.91 Å². The van der Waals surface area contributed by atoms with Gasteiger partial charge in [0.15, 0.2) is 5.78 Å². The van der Waals surface area contributed by atoms with Gasteiger partial charge in [-0.25, -0.2) is 4.79 Å². The Morgan fingerprint density at radius 1 is 1.15 bits per heavy atom. The lowest BCUT2D eigenvalue weighted by Gasteiger charge is -2.21. The van der Waals surface area contributed by atoms with Gasteiger partial charge in [-0.15, -0.1) is 11.3 Å². The standard InChI is InChI=1S/C19H19N3O4S/c1-12(23)20-10-14-8-9-16(27-14)15(24)11-22-17(25)19(2,21-18(22)26)13-6-4-3-5-7-13/h3-9H,10-11H2,1-2H3,(H,20,23)(H,21,26)/t19-/m1/s1. The van der Waals surface area contributed by atoms with Gasteiger partial charge in [-0.3, -0.25) is 19.3 Å². The molecule has 1 fully saturated rings. The van der Waals surface area contributed by atoms with Crippen LogP contribution in [0.3, 0.4) is 0 Å². The second kappa shape index (κ2) is 7.32. The molecule has 8 heteroatoms. The summed E-state index contributed by atoms with van der Waals surface area (Å²) in [5, 5.41) is 5.34. The first kappa shape index (κ1) is 18.8. The van der Waals surface area contributed by atoms with Crippen molar-refractivity contribution >= 4 is 35.0 Å². The van der Waals surface area contributed by atoms with E-state index in [9.17, 15) is 19.2 Å². The molecule has 1 aromatic heterocycles. The molecule has 0 spiro atoms. The van der Waals surface area contributed by atoms with E-state index in [1.807, 2.05) is 6.07 Å². The van der Waals surface area contributed by atoms with E-state index in [4.69, 9.17) is 0 Å². The van der Waals surface area contributed by atoms with Gasteiger partial charge in [0.1, 0.15) is 5.54 Å². The quantitative estimate of drug-likeness (QED) is 0.588. The number of thiophene rings is 1. The normalized spacial score (nSPS) is 19.1. The molecule has 1 atom stereocenters. The highest BCUT2D eigenvalue weighted by molar-refractivity contribution is 7.14. The number of amides is 4. The average molecular weight is 385 g/mol. The minimum Gasteiger partial charge on any atom is -0.351 e. The van der Waals surface area contributed by atoms with E-state index in [2.05, 4.69) is 10.6 Å². The van der Waals surface area contributed by atoms with E-state index in [1.165, 1.54) is 18.3 Å². The predicted octanol–water partition coefficient (Wildman–Crippen LogP) is 2.03. The highest BCUT2D eigenvalue weighted by Gasteiger charge is 2.49. The van der Waals surface area contributed by atoms with Gasteiger partial charge in [-0.1, -0.05) is 30.3 Å². The van der Waals surface area contributed by atoms with Gasteiger partial charge in [-0.05, 0) is 24.6 Å². The van der Waals surface area contributed by atoms with Crippen molar-refractivity contribution in [2.24, 2.45) is 0 Å². The van der Waals surface area contributed by atoms with Crippen molar-refractivity contribution in [1.82, 2.24) is 15.5 Å². The highest BCUT2D eigenvalue weighted by atomic mass is 32.1. The first-order valence-corrected chi connectivity index (χ1v) is 9.19. The van der Waals surface area contributed by atoms with E-state index in [0.717, 1.165) is 9.78 Å². The van der Waals surface area contributed by atoms with Gasteiger partial charge in [0.05, 0.1) is 18.0 Å². The molecule has 2 N–H and O–H groups in total. The molecule has 3 rings (SSSR count). The first-order chi connectivity index (χ1) is 12.8. The fraction of sp³-hybridized carbons (Fsp3) is 0.263. The summed E-state index contributed by atoms with van der Waals surface area (Å²) in [4.78, 5) is 50.9. The Morgan fingerprint density at radius 2 is 1.85 bits per heavy atom. The fourth-order valence-corrected chi connectivity index (χ4v) is 3.74. The predicted molar refractivity (Wildman–Crippen MR) is 100 cm³/mol. The van der Waals surface area contributed by atoms with E-state index < -0.39 is 17.5 Å². The smallest absolute Gasteiger partial charge is 0.325 e. The molecule has 0 saturated carbocycles. The molecule has 1 aliphatic heterocycles. The third kappa shape index (κ3) is 3.75. The van der Waals surface area contributed by atoms with Crippen molar-refractivity contribution in [3.8, 4) is 0 Å².